The zero-order valence-electron chi connectivity index (χ0n) is 16.1. The highest BCUT2D eigenvalue weighted by Crippen LogP contribution is 2.24. The Morgan fingerprint density at radius 3 is 2.68 bits per heavy atom. The first kappa shape index (κ1) is 19.0. The van der Waals surface area contributed by atoms with Crippen molar-refractivity contribution < 1.29 is 0 Å². The molecule has 0 radical (unpaired) electrons. The Hall–Kier alpha value is -2.30. The third kappa shape index (κ3) is 5.34. The fourth-order valence-electron chi connectivity index (χ4n) is 2.93. The first-order valence-corrected chi connectivity index (χ1v) is 9.02. The van der Waals surface area contributed by atoms with Gasteiger partial charge in [0.25, 0.3) is 0 Å². The summed E-state index contributed by atoms with van der Waals surface area (Å²) in [5, 5.41) is 3.41. The van der Waals surface area contributed by atoms with E-state index in [4.69, 9.17) is 4.99 Å². The molecule has 0 saturated carbocycles. The van der Waals surface area contributed by atoms with Crippen LogP contribution in [0.5, 0.6) is 0 Å². The van der Waals surface area contributed by atoms with E-state index >= 15 is 0 Å². The number of guanidine groups is 1. The van der Waals surface area contributed by atoms with Gasteiger partial charge in [0.15, 0.2) is 5.96 Å². The average Bonchev–Trinajstić information content (AvgIpc) is 2.99. The second-order valence-corrected chi connectivity index (χ2v) is 6.80. The second-order valence-electron chi connectivity index (χ2n) is 6.80. The SMILES string of the molecule is CCNC(=NCC(c1cccnc1)C(C)C)N(C)Cc1cccn1C. The maximum Gasteiger partial charge on any atom is 0.194 e. The Kier molecular flexibility index (Phi) is 7.04. The van der Waals surface area contributed by atoms with E-state index in [0.717, 1.165) is 25.6 Å². The molecule has 0 spiro atoms. The molecule has 0 saturated heterocycles. The minimum absolute atomic E-state index is 0.366. The van der Waals surface area contributed by atoms with Crippen LogP contribution in [0.2, 0.25) is 0 Å². The molecule has 0 aliphatic carbocycles. The van der Waals surface area contributed by atoms with Gasteiger partial charge in [0.05, 0.1) is 6.54 Å². The third-order valence-electron chi connectivity index (χ3n) is 4.50. The molecule has 136 valence electrons. The molecule has 0 aromatic carbocycles. The van der Waals surface area contributed by atoms with Crippen LogP contribution in [-0.2, 0) is 13.6 Å². The molecule has 25 heavy (non-hydrogen) atoms. The fraction of sp³-hybridized carbons (Fsp3) is 0.500. The summed E-state index contributed by atoms with van der Waals surface area (Å²) in [5.41, 5.74) is 2.52. The topological polar surface area (TPSA) is 45.5 Å². The van der Waals surface area contributed by atoms with Gasteiger partial charge in [-0.3, -0.25) is 9.98 Å². The summed E-state index contributed by atoms with van der Waals surface area (Å²) in [7, 11) is 4.16. The molecule has 1 atom stereocenters. The second kappa shape index (κ2) is 9.25. The van der Waals surface area contributed by atoms with Gasteiger partial charge in [-0.15, -0.1) is 0 Å². The smallest absolute Gasteiger partial charge is 0.194 e. The number of nitrogens with one attached hydrogen (secondary N) is 1. The molecular formula is C20H31N5. The number of nitrogens with zero attached hydrogens (tertiary/aromatic N) is 4. The van der Waals surface area contributed by atoms with Crippen molar-refractivity contribution in [3.05, 3.63) is 54.1 Å². The lowest BCUT2D eigenvalue weighted by Crippen LogP contribution is -2.39. The van der Waals surface area contributed by atoms with Crippen molar-refractivity contribution in [3.63, 3.8) is 0 Å². The van der Waals surface area contributed by atoms with Crippen molar-refractivity contribution >= 4 is 5.96 Å². The quantitative estimate of drug-likeness (QED) is 0.621. The van der Waals surface area contributed by atoms with Crippen LogP contribution in [0.15, 0.2) is 47.8 Å². The maximum atomic E-state index is 4.92. The van der Waals surface area contributed by atoms with Crippen LogP contribution in [-0.4, -0.2) is 40.5 Å². The van der Waals surface area contributed by atoms with E-state index in [9.17, 15) is 0 Å². The third-order valence-corrected chi connectivity index (χ3v) is 4.50. The molecule has 0 amide bonds. The molecule has 0 fully saturated rings. The highest BCUT2D eigenvalue weighted by atomic mass is 15.3. The molecule has 5 heteroatoms. The van der Waals surface area contributed by atoms with Crippen molar-refractivity contribution in [1.82, 2.24) is 19.8 Å². The number of aliphatic imine (C=N–C) groups is 1. The molecule has 2 rings (SSSR count). The standard InChI is InChI=1S/C20H31N5/c1-6-22-20(25(5)15-18-10-8-12-24(18)4)23-14-19(16(2)3)17-9-7-11-21-13-17/h7-13,16,19H,6,14-15H2,1-5H3,(H,22,23). The number of pyridine rings is 1. The summed E-state index contributed by atoms with van der Waals surface area (Å²) >= 11 is 0. The molecule has 2 heterocycles. The van der Waals surface area contributed by atoms with E-state index < -0.39 is 0 Å². The van der Waals surface area contributed by atoms with E-state index in [1.165, 1.54) is 11.3 Å². The first-order valence-electron chi connectivity index (χ1n) is 9.02. The van der Waals surface area contributed by atoms with Gasteiger partial charge in [-0.25, -0.2) is 0 Å². The van der Waals surface area contributed by atoms with E-state index in [2.05, 4.69) is 79.0 Å². The normalized spacial score (nSPS) is 13.1. The summed E-state index contributed by atoms with van der Waals surface area (Å²) in [4.78, 5) is 11.4. The van der Waals surface area contributed by atoms with Gasteiger partial charge in [-0.2, -0.15) is 0 Å². The Bertz CT molecular complexity index is 660. The Balaban J connectivity index is 2.13. The Morgan fingerprint density at radius 2 is 2.12 bits per heavy atom. The zero-order chi connectivity index (χ0) is 18.2. The molecule has 2 aromatic heterocycles. The van der Waals surface area contributed by atoms with E-state index in [0.29, 0.717) is 11.8 Å². The molecule has 1 N–H and O–H groups in total. The van der Waals surface area contributed by atoms with Crippen molar-refractivity contribution in [1.29, 1.82) is 0 Å². The molecule has 1 unspecified atom stereocenters. The van der Waals surface area contributed by atoms with Crippen LogP contribution in [0.4, 0.5) is 0 Å². The number of aryl methyl sites for hydroxylation is 1. The molecular weight excluding hydrogens is 310 g/mol. The minimum atomic E-state index is 0.366. The Labute approximate surface area is 151 Å². The zero-order valence-corrected chi connectivity index (χ0v) is 16.1. The number of hydrogen-bond acceptors (Lipinski definition) is 2. The van der Waals surface area contributed by atoms with Crippen molar-refractivity contribution in [3.8, 4) is 0 Å². The van der Waals surface area contributed by atoms with Gasteiger partial charge in [0.1, 0.15) is 0 Å². The lowest BCUT2D eigenvalue weighted by atomic mass is 9.89. The van der Waals surface area contributed by atoms with Crippen LogP contribution in [0.25, 0.3) is 0 Å². The number of hydrogen-bond donors (Lipinski definition) is 1. The van der Waals surface area contributed by atoms with Gasteiger partial charge in [0.2, 0.25) is 0 Å². The molecule has 0 aliphatic heterocycles. The number of aromatic nitrogens is 2. The minimum Gasteiger partial charge on any atom is -0.357 e. The van der Waals surface area contributed by atoms with Crippen molar-refractivity contribution in [2.45, 2.75) is 33.2 Å². The first-order chi connectivity index (χ1) is 12.0. The Morgan fingerprint density at radius 1 is 1.32 bits per heavy atom. The summed E-state index contributed by atoms with van der Waals surface area (Å²) in [6.07, 6.45) is 5.85. The average molecular weight is 342 g/mol. The molecule has 5 nitrogen and oxygen atoms in total. The van der Waals surface area contributed by atoms with Gasteiger partial charge in [0, 0.05) is 57.4 Å². The van der Waals surface area contributed by atoms with Crippen LogP contribution in [0, 0.1) is 5.92 Å². The van der Waals surface area contributed by atoms with Crippen LogP contribution >= 0.6 is 0 Å². The van der Waals surface area contributed by atoms with Crippen molar-refractivity contribution in [2.75, 3.05) is 20.1 Å². The van der Waals surface area contributed by atoms with E-state index in [1.54, 1.807) is 0 Å². The maximum absolute atomic E-state index is 4.92. The van der Waals surface area contributed by atoms with Gasteiger partial charge in [-0.1, -0.05) is 19.9 Å². The van der Waals surface area contributed by atoms with Crippen LogP contribution in [0.1, 0.15) is 37.9 Å². The summed E-state index contributed by atoms with van der Waals surface area (Å²) < 4.78 is 2.15. The summed E-state index contributed by atoms with van der Waals surface area (Å²) in [6, 6.07) is 8.37. The van der Waals surface area contributed by atoms with Gasteiger partial charge >= 0.3 is 0 Å². The molecule has 0 aliphatic rings. The van der Waals surface area contributed by atoms with Gasteiger partial charge in [-0.05, 0) is 36.6 Å². The fourth-order valence-corrected chi connectivity index (χ4v) is 2.93. The van der Waals surface area contributed by atoms with E-state index in [-0.39, 0.29) is 0 Å². The number of rotatable bonds is 7. The largest absolute Gasteiger partial charge is 0.357 e. The predicted octanol–water partition coefficient (Wildman–Crippen LogP) is 3.26. The van der Waals surface area contributed by atoms with Gasteiger partial charge < -0.3 is 14.8 Å². The highest BCUT2D eigenvalue weighted by molar-refractivity contribution is 5.79. The van der Waals surface area contributed by atoms with Crippen LogP contribution in [0.3, 0.4) is 0 Å². The predicted molar refractivity (Wildman–Crippen MR) is 105 cm³/mol. The van der Waals surface area contributed by atoms with Crippen LogP contribution < -0.4 is 5.32 Å². The lowest BCUT2D eigenvalue weighted by Gasteiger charge is -2.24. The monoisotopic (exact) mass is 341 g/mol. The van der Waals surface area contributed by atoms with Crippen molar-refractivity contribution in [2.24, 2.45) is 18.0 Å². The summed E-state index contributed by atoms with van der Waals surface area (Å²) in [5.74, 6) is 1.82. The highest BCUT2D eigenvalue weighted by Gasteiger charge is 2.17. The lowest BCUT2D eigenvalue weighted by molar-refractivity contribution is 0.453. The molecule has 2 aromatic rings. The molecule has 0 bridgehead atoms. The van der Waals surface area contributed by atoms with E-state index in [1.807, 2.05) is 18.5 Å². The summed E-state index contributed by atoms with van der Waals surface area (Å²) in [6.45, 7) is 9.03.